The van der Waals surface area contributed by atoms with Crippen molar-refractivity contribution in [2.75, 3.05) is 0 Å². The summed E-state index contributed by atoms with van der Waals surface area (Å²) < 4.78 is 0. The summed E-state index contributed by atoms with van der Waals surface area (Å²) in [5, 5.41) is 0. The molecule has 0 amide bonds. The molecule has 2 N–H and O–H groups in total. The van der Waals surface area contributed by atoms with Gasteiger partial charge in [0.25, 0.3) is 0 Å². The van der Waals surface area contributed by atoms with Crippen LogP contribution in [0.25, 0.3) is 0 Å². The van der Waals surface area contributed by atoms with E-state index in [-0.39, 0.29) is 5.54 Å². The van der Waals surface area contributed by atoms with Gasteiger partial charge in [-0.2, -0.15) is 0 Å². The molecule has 4 atom stereocenters. The van der Waals surface area contributed by atoms with Gasteiger partial charge in [0.15, 0.2) is 0 Å². The highest BCUT2D eigenvalue weighted by Gasteiger charge is 2.48. The van der Waals surface area contributed by atoms with E-state index in [9.17, 15) is 0 Å². The Morgan fingerprint density at radius 3 is 2.86 bits per heavy atom. The van der Waals surface area contributed by atoms with Crippen molar-refractivity contribution in [2.45, 2.75) is 70.8 Å². The molecule has 1 fully saturated rings. The second-order valence-corrected chi connectivity index (χ2v) is 7.84. The molecule has 0 saturated heterocycles. The Morgan fingerprint density at radius 1 is 1.29 bits per heavy atom. The lowest BCUT2D eigenvalue weighted by molar-refractivity contribution is 0.0773. The van der Waals surface area contributed by atoms with Crippen LogP contribution in [0.5, 0.6) is 0 Å². The van der Waals surface area contributed by atoms with Gasteiger partial charge in [-0.15, -0.1) is 0 Å². The van der Waals surface area contributed by atoms with Crippen molar-refractivity contribution >= 4 is 0 Å². The maximum atomic E-state index is 7.14. The lowest BCUT2D eigenvalue weighted by atomic mass is 9.57. The molecule has 4 unspecified atom stereocenters. The summed E-state index contributed by atoms with van der Waals surface area (Å²) in [6, 6.07) is 4.34. The summed E-state index contributed by atoms with van der Waals surface area (Å²) in [5.41, 5.74) is 9.84. The minimum Gasteiger partial charge on any atom is -0.324 e. The third-order valence-electron chi connectivity index (χ3n) is 6.01. The average Bonchev–Trinajstić information content (AvgIpc) is 2.46. The largest absolute Gasteiger partial charge is 0.324 e. The fraction of sp³-hybridized carbons (Fsp3) is 0.737. The number of nitrogens with zero attached hydrogens (tertiary/aromatic N) is 1. The van der Waals surface area contributed by atoms with E-state index in [1.165, 1.54) is 43.4 Å². The zero-order valence-corrected chi connectivity index (χ0v) is 13.8. The van der Waals surface area contributed by atoms with Crippen molar-refractivity contribution in [3.63, 3.8) is 0 Å². The molecule has 0 aromatic carbocycles. The molecule has 0 aliphatic heterocycles. The quantitative estimate of drug-likeness (QED) is 0.880. The van der Waals surface area contributed by atoms with Gasteiger partial charge in [-0.1, -0.05) is 33.3 Å². The summed E-state index contributed by atoms with van der Waals surface area (Å²) in [6.07, 6.45) is 9.40. The Balaban J connectivity index is 2.00. The van der Waals surface area contributed by atoms with E-state index in [1.54, 1.807) is 0 Å². The molecule has 0 radical (unpaired) electrons. The minimum atomic E-state index is -0.0602. The predicted octanol–water partition coefficient (Wildman–Crippen LogP) is 4.29. The highest BCUT2D eigenvalue weighted by Crippen LogP contribution is 2.49. The van der Waals surface area contributed by atoms with E-state index in [0.717, 1.165) is 12.3 Å². The lowest BCUT2D eigenvalue weighted by Crippen LogP contribution is -2.57. The lowest BCUT2D eigenvalue weighted by Gasteiger charge is -2.51. The summed E-state index contributed by atoms with van der Waals surface area (Å²) in [4.78, 5) is 4.76. The molecular formula is C19H30N2. The first-order valence-corrected chi connectivity index (χ1v) is 8.75. The number of nitrogens with two attached hydrogens (primary N) is 1. The molecule has 2 aliphatic carbocycles. The third-order valence-corrected chi connectivity index (χ3v) is 6.01. The summed E-state index contributed by atoms with van der Waals surface area (Å²) in [7, 11) is 0. The van der Waals surface area contributed by atoms with Gasteiger partial charge < -0.3 is 5.73 Å². The molecule has 116 valence electrons. The summed E-state index contributed by atoms with van der Waals surface area (Å²) in [5.74, 6) is 2.50. The standard InChI is InChI=1S/C19H30N2/c1-13(2)16-10-9-14(3)12-19(16,20)17-8-4-6-15-7-5-11-21-18(15)17/h5,7,11,13-14,16-17H,4,6,8-10,12,20H2,1-3H3. The normalized spacial score (nSPS) is 36.5. The second-order valence-electron chi connectivity index (χ2n) is 7.84. The molecule has 2 heteroatoms. The zero-order chi connectivity index (χ0) is 15.0. The number of fused-ring (bicyclic) bond motifs is 1. The molecule has 21 heavy (non-hydrogen) atoms. The Kier molecular flexibility index (Phi) is 4.09. The zero-order valence-electron chi connectivity index (χ0n) is 13.8. The van der Waals surface area contributed by atoms with Crippen molar-refractivity contribution in [2.24, 2.45) is 23.5 Å². The van der Waals surface area contributed by atoms with Gasteiger partial charge in [0.2, 0.25) is 0 Å². The molecule has 1 saturated carbocycles. The molecule has 2 aliphatic rings. The monoisotopic (exact) mass is 286 g/mol. The fourth-order valence-electron chi connectivity index (χ4n) is 5.08. The van der Waals surface area contributed by atoms with Crippen molar-refractivity contribution in [1.82, 2.24) is 4.98 Å². The van der Waals surface area contributed by atoms with Crippen LogP contribution >= 0.6 is 0 Å². The summed E-state index contributed by atoms with van der Waals surface area (Å²) >= 11 is 0. The van der Waals surface area contributed by atoms with Crippen LogP contribution < -0.4 is 5.73 Å². The second kappa shape index (κ2) is 5.72. The topological polar surface area (TPSA) is 38.9 Å². The number of hydrogen-bond donors (Lipinski definition) is 1. The highest BCUT2D eigenvalue weighted by molar-refractivity contribution is 5.30. The number of pyridine rings is 1. The minimum absolute atomic E-state index is 0.0602. The molecule has 1 aromatic rings. The highest BCUT2D eigenvalue weighted by atomic mass is 14.8. The van der Waals surface area contributed by atoms with Crippen LogP contribution in [0.1, 0.15) is 70.1 Å². The average molecular weight is 286 g/mol. The van der Waals surface area contributed by atoms with Crippen LogP contribution in [0.2, 0.25) is 0 Å². The fourth-order valence-corrected chi connectivity index (χ4v) is 5.08. The van der Waals surface area contributed by atoms with Crippen LogP contribution in [0.3, 0.4) is 0 Å². The van der Waals surface area contributed by atoms with Crippen molar-refractivity contribution in [3.05, 3.63) is 29.6 Å². The van der Waals surface area contributed by atoms with Gasteiger partial charge >= 0.3 is 0 Å². The van der Waals surface area contributed by atoms with Crippen LogP contribution in [-0.4, -0.2) is 10.5 Å². The Labute approximate surface area is 129 Å². The van der Waals surface area contributed by atoms with Gasteiger partial charge in [0.1, 0.15) is 0 Å². The Morgan fingerprint density at radius 2 is 2.10 bits per heavy atom. The Bertz CT molecular complexity index is 496. The smallest absolute Gasteiger partial charge is 0.0484 e. The van der Waals surface area contributed by atoms with E-state index in [1.807, 2.05) is 6.20 Å². The molecular weight excluding hydrogens is 256 g/mol. The number of hydrogen-bond acceptors (Lipinski definition) is 2. The van der Waals surface area contributed by atoms with E-state index in [2.05, 4.69) is 32.9 Å². The maximum absolute atomic E-state index is 7.14. The molecule has 0 spiro atoms. The van der Waals surface area contributed by atoms with Gasteiger partial charge in [-0.3, -0.25) is 4.98 Å². The van der Waals surface area contributed by atoms with Crippen molar-refractivity contribution < 1.29 is 0 Å². The van der Waals surface area contributed by atoms with Crippen LogP contribution in [-0.2, 0) is 6.42 Å². The first kappa shape index (κ1) is 15.0. The van der Waals surface area contributed by atoms with Gasteiger partial charge in [-0.25, -0.2) is 0 Å². The first-order chi connectivity index (χ1) is 10.0. The Hall–Kier alpha value is -0.890. The number of aromatic nitrogens is 1. The molecule has 1 heterocycles. The van der Waals surface area contributed by atoms with Crippen LogP contribution in [0, 0.1) is 17.8 Å². The number of aryl methyl sites for hydroxylation is 1. The van der Waals surface area contributed by atoms with Crippen molar-refractivity contribution in [3.8, 4) is 0 Å². The SMILES string of the molecule is CC1CCC(C(C)C)C(N)(C2CCCc3cccnc32)C1. The molecule has 1 aromatic heterocycles. The van der Waals surface area contributed by atoms with E-state index in [4.69, 9.17) is 10.7 Å². The van der Waals surface area contributed by atoms with Gasteiger partial charge in [0, 0.05) is 23.3 Å². The molecule has 0 bridgehead atoms. The third kappa shape index (κ3) is 2.63. The van der Waals surface area contributed by atoms with Crippen LogP contribution in [0.4, 0.5) is 0 Å². The summed E-state index contributed by atoms with van der Waals surface area (Å²) in [6.45, 7) is 7.08. The van der Waals surface area contributed by atoms with Crippen molar-refractivity contribution in [1.29, 1.82) is 0 Å². The number of rotatable bonds is 2. The first-order valence-electron chi connectivity index (χ1n) is 8.75. The predicted molar refractivity (Wildman–Crippen MR) is 88.2 cm³/mol. The maximum Gasteiger partial charge on any atom is 0.0484 e. The van der Waals surface area contributed by atoms with Crippen LogP contribution in [0.15, 0.2) is 18.3 Å². The van der Waals surface area contributed by atoms with E-state index in [0.29, 0.717) is 17.8 Å². The van der Waals surface area contributed by atoms with E-state index >= 15 is 0 Å². The van der Waals surface area contributed by atoms with E-state index < -0.39 is 0 Å². The van der Waals surface area contributed by atoms with Gasteiger partial charge in [-0.05, 0) is 61.5 Å². The van der Waals surface area contributed by atoms with Gasteiger partial charge in [0.05, 0.1) is 0 Å². The molecule has 3 rings (SSSR count). The molecule has 2 nitrogen and oxygen atoms in total.